The number of nitrogens with zero attached hydrogens (tertiary/aromatic N) is 1. The summed E-state index contributed by atoms with van der Waals surface area (Å²) >= 11 is 0. The van der Waals surface area contributed by atoms with Crippen molar-refractivity contribution in [1.29, 1.82) is 0 Å². The van der Waals surface area contributed by atoms with Gasteiger partial charge in [-0.15, -0.1) is 0 Å². The zero-order valence-corrected chi connectivity index (χ0v) is 34.1. The number of aliphatic hydroxyl groups is 1. The zero-order valence-electron chi connectivity index (χ0n) is 34.1. The van der Waals surface area contributed by atoms with Crippen molar-refractivity contribution in [2.45, 2.75) is 123 Å². The maximum Gasteiger partial charge on any atom is 0.326 e. The fraction of sp³-hybridized carbons (Fsp3) is 0.722. The highest BCUT2D eigenvalue weighted by atomic mass is 16.4. The van der Waals surface area contributed by atoms with Crippen LogP contribution in [0.3, 0.4) is 0 Å². The molecular weight excluding hydrogens is 766 g/mol. The van der Waals surface area contributed by atoms with Crippen molar-refractivity contribution in [2.75, 3.05) is 26.2 Å². The second kappa shape index (κ2) is 24.4. The summed E-state index contributed by atoms with van der Waals surface area (Å²) in [5, 5.41) is 45.1. The fourth-order valence-corrected chi connectivity index (χ4v) is 5.73. The van der Waals surface area contributed by atoms with Gasteiger partial charge in [0.2, 0.25) is 47.3 Å². The topological polar surface area (TPSA) is 345 Å². The molecular formula is C36H61N9O13. The lowest BCUT2D eigenvalue weighted by molar-refractivity contribution is -0.146. The van der Waals surface area contributed by atoms with Gasteiger partial charge < -0.3 is 63.2 Å². The van der Waals surface area contributed by atoms with E-state index in [-0.39, 0.29) is 24.8 Å². The van der Waals surface area contributed by atoms with Gasteiger partial charge in [-0.3, -0.25) is 43.2 Å². The number of carboxylic acid groups (broad SMARTS) is 2. The van der Waals surface area contributed by atoms with Crippen LogP contribution in [0.2, 0.25) is 0 Å². The van der Waals surface area contributed by atoms with Crippen LogP contribution in [0, 0.1) is 17.8 Å². The molecule has 328 valence electrons. The summed E-state index contributed by atoms with van der Waals surface area (Å²) in [5.41, 5.74) is 5.90. The predicted octanol–water partition coefficient (Wildman–Crippen LogP) is -3.72. The molecule has 9 atom stereocenters. The monoisotopic (exact) mass is 827 g/mol. The highest BCUT2D eigenvalue weighted by Crippen LogP contribution is 2.20. The minimum Gasteiger partial charge on any atom is -0.481 e. The Hall–Kier alpha value is -5.38. The summed E-state index contributed by atoms with van der Waals surface area (Å²) in [6.45, 7) is 9.38. The molecule has 0 saturated carbocycles. The molecule has 22 heteroatoms. The lowest BCUT2D eigenvalue weighted by Crippen LogP contribution is -2.59. The SMILES string of the molecule is CC[C@H](C)[C@H](NC(=O)CNC(=O)[C@@H]1CCCN1C(=O)[C@H](CC(=O)O)NC(=O)[C@H](C)NC(=O)CNC(=O)[C@H](CO)NC(=O)[C@@H](NC(=O)[C@@H](N)C(C)C)[C@@H](C)CC)C(=O)O. The van der Waals surface area contributed by atoms with Gasteiger partial charge in [-0.2, -0.15) is 0 Å². The zero-order chi connectivity index (χ0) is 44.4. The number of likely N-dealkylation sites (tertiary alicyclic amines) is 1. The maximum atomic E-state index is 13.5. The van der Waals surface area contributed by atoms with Gasteiger partial charge in [-0.05, 0) is 37.5 Å². The van der Waals surface area contributed by atoms with E-state index in [0.717, 1.165) is 4.90 Å². The third-order valence-electron chi connectivity index (χ3n) is 9.87. The van der Waals surface area contributed by atoms with E-state index in [0.29, 0.717) is 19.3 Å². The normalized spacial score (nSPS) is 17.8. The van der Waals surface area contributed by atoms with Crippen LogP contribution in [0.5, 0.6) is 0 Å². The smallest absolute Gasteiger partial charge is 0.326 e. The Morgan fingerprint density at radius 3 is 1.78 bits per heavy atom. The number of rotatable bonds is 24. The van der Waals surface area contributed by atoms with E-state index >= 15 is 0 Å². The standard InChI is InChI=1S/C36H61N9O13/c1-8-18(5)28(44-33(54)27(37)17(3)4)34(55)42-22(16-46)31(52)38-14-24(47)40-20(7)30(51)41-21(13-26(49)50)35(56)45-12-10-11-23(45)32(53)39-15-25(48)43-29(36(57)58)19(6)9-2/h17-23,27-29,46H,8-16,37H2,1-7H3,(H,38,52)(H,39,53)(H,40,47)(H,41,51)(H,42,55)(H,43,48)(H,44,54)(H,49,50)(H,57,58)/t18-,19-,20-,21-,22-,23-,27-,28-,29-/m0/s1. The minimum absolute atomic E-state index is 0.0186. The van der Waals surface area contributed by atoms with Gasteiger partial charge in [0.25, 0.3) is 0 Å². The molecule has 0 aliphatic carbocycles. The number of carbonyl (C=O) groups is 10. The Labute approximate surface area is 336 Å². The molecule has 58 heavy (non-hydrogen) atoms. The molecule has 0 aromatic rings. The molecule has 0 aromatic heterocycles. The molecule has 1 fully saturated rings. The average molecular weight is 828 g/mol. The molecule has 0 aromatic carbocycles. The Morgan fingerprint density at radius 1 is 0.690 bits per heavy atom. The second-order valence-corrected chi connectivity index (χ2v) is 14.7. The molecule has 0 unspecified atom stereocenters. The molecule has 1 heterocycles. The quantitative estimate of drug-likeness (QED) is 0.0446. The first kappa shape index (κ1) is 50.6. The molecule has 12 N–H and O–H groups in total. The molecule has 1 rings (SSSR count). The number of carbonyl (C=O) groups excluding carboxylic acids is 8. The highest BCUT2D eigenvalue weighted by Gasteiger charge is 2.39. The Bertz CT molecular complexity index is 1510. The predicted molar refractivity (Wildman–Crippen MR) is 205 cm³/mol. The summed E-state index contributed by atoms with van der Waals surface area (Å²) in [4.78, 5) is 127. The van der Waals surface area contributed by atoms with Crippen molar-refractivity contribution in [2.24, 2.45) is 23.5 Å². The number of amides is 8. The third kappa shape index (κ3) is 15.9. The number of aliphatic carboxylic acids is 2. The second-order valence-electron chi connectivity index (χ2n) is 14.7. The third-order valence-corrected chi connectivity index (χ3v) is 9.87. The first-order chi connectivity index (χ1) is 27.1. The van der Waals surface area contributed by atoms with Crippen LogP contribution in [0.1, 0.15) is 80.6 Å². The summed E-state index contributed by atoms with van der Waals surface area (Å²) < 4.78 is 0. The molecule has 22 nitrogen and oxygen atoms in total. The summed E-state index contributed by atoms with van der Waals surface area (Å²) in [6, 6.07) is -8.89. The first-order valence-electron chi connectivity index (χ1n) is 19.3. The van der Waals surface area contributed by atoms with Crippen LogP contribution < -0.4 is 43.0 Å². The minimum atomic E-state index is -1.67. The van der Waals surface area contributed by atoms with E-state index in [1.165, 1.54) is 6.92 Å². The van der Waals surface area contributed by atoms with Gasteiger partial charge in [-0.25, -0.2) is 4.79 Å². The molecule has 1 aliphatic rings. The number of nitrogens with one attached hydrogen (secondary N) is 7. The summed E-state index contributed by atoms with van der Waals surface area (Å²) in [5.74, 6) is -10.4. The van der Waals surface area contributed by atoms with Gasteiger partial charge >= 0.3 is 11.9 Å². The van der Waals surface area contributed by atoms with E-state index in [1.807, 2.05) is 0 Å². The van der Waals surface area contributed by atoms with Gasteiger partial charge in [0.15, 0.2) is 0 Å². The van der Waals surface area contributed by atoms with Gasteiger partial charge in [0, 0.05) is 6.54 Å². The van der Waals surface area contributed by atoms with Crippen molar-refractivity contribution in [3.05, 3.63) is 0 Å². The number of nitrogens with two attached hydrogens (primary N) is 1. The molecule has 0 radical (unpaired) electrons. The van der Waals surface area contributed by atoms with E-state index in [4.69, 9.17) is 5.73 Å². The fourth-order valence-electron chi connectivity index (χ4n) is 5.73. The Kier molecular flexibility index (Phi) is 21.3. The molecule has 0 spiro atoms. The Morgan fingerprint density at radius 2 is 1.24 bits per heavy atom. The highest BCUT2D eigenvalue weighted by molar-refractivity contribution is 5.98. The van der Waals surface area contributed by atoms with Crippen molar-refractivity contribution >= 4 is 59.2 Å². The summed E-state index contributed by atoms with van der Waals surface area (Å²) in [7, 11) is 0. The number of hydrogen-bond acceptors (Lipinski definition) is 12. The largest absolute Gasteiger partial charge is 0.481 e. The van der Waals surface area contributed by atoms with E-state index < -0.39 is 134 Å². The number of hydrogen-bond donors (Lipinski definition) is 11. The van der Waals surface area contributed by atoms with Crippen LogP contribution in [-0.2, 0) is 47.9 Å². The van der Waals surface area contributed by atoms with Crippen molar-refractivity contribution in [3.63, 3.8) is 0 Å². The van der Waals surface area contributed by atoms with Crippen LogP contribution in [-0.4, -0.2) is 148 Å². The van der Waals surface area contributed by atoms with Gasteiger partial charge in [0.05, 0.1) is 32.2 Å². The maximum absolute atomic E-state index is 13.5. The van der Waals surface area contributed by atoms with Gasteiger partial charge in [-0.1, -0.05) is 54.4 Å². The lowest BCUT2D eigenvalue weighted by Gasteiger charge is -2.29. The van der Waals surface area contributed by atoms with Crippen molar-refractivity contribution in [1.82, 2.24) is 42.1 Å². The van der Waals surface area contributed by atoms with Crippen LogP contribution >= 0.6 is 0 Å². The van der Waals surface area contributed by atoms with E-state index in [1.54, 1.807) is 41.5 Å². The first-order valence-corrected chi connectivity index (χ1v) is 19.3. The van der Waals surface area contributed by atoms with Crippen LogP contribution in [0.25, 0.3) is 0 Å². The molecule has 8 amide bonds. The summed E-state index contributed by atoms with van der Waals surface area (Å²) in [6.07, 6.45) is 0.532. The van der Waals surface area contributed by atoms with Crippen molar-refractivity contribution in [3.8, 4) is 0 Å². The van der Waals surface area contributed by atoms with Gasteiger partial charge in [0.1, 0.15) is 36.3 Å². The number of carboxylic acids is 2. The van der Waals surface area contributed by atoms with Crippen molar-refractivity contribution < 1.29 is 63.3 Å². The molecule has 1 aliphatic heterocycles. The molecule has 0 bridgehead atoms. The van der Waals surface area contributed by atoms with Crippen LogP contribution in [0.15, 0.2) is 0 Å². The Balaban J connectivity index is 2.85. The van der Waals surface area contributed by atoms with E-state index in [2.05, 4.69) is 37.2 Å². The average Bonchev–Trinajstić information content (AvgIpc) is 3.67. The molecule has 1 saturated heterocycles. The number of aliphatic hydroxyl groups excluding tert-OH is 1. The van der Waals surface area contributed by atoms with Crippen LogP contribution in [0.4, 0.5) is 0 Å². The lowest BCUT2D eigenvalue weighted by atomic mass is 9.96. The van der Waals surface area contributed by atoms with E-state index in [9.17, 15) is 63.3 Å².